The van der Waals surface area contributed by atoms with Crippen molar-refractivity contribution < 1.29 is 26.3 Å². The maximum Gasteiger partial charge on any atom is 0.283 e. The lowest BCUT2D eigenvalue weighted by molar-refractivity contribution is 0.0610. The summed E-state index contributed by atoms with van der Waals surface area (Å²) < 4.78 is 65.6. The summed E-state index contributed by atoms with van der Waals surface area (Å²) in [6, 6.07) is 10.1. The Morgan fingerprint density at radius 3 is 1.55 bits per heavy atom. The van der Waals surface area contributed by atoms with Crippen LogP contribution in [0.15, 0.2) is 58.6 Å². The summed E-state index contributed by atoms with van der Waals surface area (Å²) in [5.74, 6) is 3.03. The highest BCUT2D eigenvalue weighted by Gasteiger charge is 2.28. The number of aryl methyl sites for hydroxylation is 1. The van der Waals surface area contributed by atoms with E-state index in [2.05, 4.69) is 55.8 Å². The summed E-state index contributed by atoms with van der Waals surface area (Å²) in [7, 11) is -2.02. The van der Waals surface area contributed by atoms with Crippen molar-refractivity contribution in [3.63, 3.8) is 0 Å². The largest absolute Gasteiger partial charge is 0.381 e. The van der Waals surface area contributed by atoms with E-state index in [4.69, 9.17) is 30.1 Å². The quantitative estimate of drug-likeness (QED) is 0.157. The highest BCUT2D eigenvalue weighted by molar-refractivity contribution is 8.13. The second-order valence-electron chi connectivity index (χ2n) is 16.3. The number of rotatable bonds is 7. The number of hydrogen-bond acceptors (Lipinski definition) is 9. The lowest BCUT2D eigenvalue weighted by Gasteiger charge is -2.26. The molecular formula is C38H51ClN6O6S2. The molecule has 0 saturated carbocycles. The zero-order valence-corrected chi connectivity index (χ0v) is 34.1. The molecular weight excluding hydrogens is 736 g/mol. The SMILES string of the molecule is CC(C)(C)c1nc2cc(S(=O)(=O)Cl)ccc2n1CC1CCOCC1.Cc1cnn(S(=O)(=O)c2ccc3c(c2)nc(C(C)(C)C)n3CC2CCOCC2)c1. The molecule has 0 aliphatic carbocycles. The van der Waals surface area contributed by atoms with Crippen LogP contribution in [0.25, 0.3) is 22.1 Å². The second-order valence-corrected chi connectivity index (χ2v) is 20.7. The van der Waals surface area contributed by atoms with Crippen molar-refractivity contribution >= 4 is 51.8 Å². The molecule has 2 aliphatic heterocycles. The number of imidazole rings is 2. The summed E-state index contributed by atoms with van der Waals surface area (Å²) in [6.07, 6.45) is 7.21. The van der Waals surface area contributed by atoms with E-state index in [0.717, 1.165) is 97.5 Å². The van der Waals surface area contributed by atoms with Crippen molar-refractivity contribution in [2.75, 3.05) is 26.4 Å². The van der Waals surface area contributed by atoms with Crippen LogP contribution >= 0.6 is 10.7 Å². The van der Waals surface area contributed by atoms with Crippen LogP contribution in [-0.4, -0.2) is 71.6 Å². The fourth-order valence-electron chi connectivity index (χ4n) is 7.05. The fourth-order valence-corrected chi connectivity index (χ4v) is 9.01. The van der Waals surface area contributed by atoms with E-state index in [9.17, 15) is 16.8 Å². The minimum absolute atomic E-state index is 0.0906. The lowest BCUT2D eigenvalue weighted by atomic mass is 9.94. The molecule has 288 valence electrons. The van der Waals surface area contributed by atoms with E-state index in [1.54, 1.807) is 24.3 Å². The van der Waals surface area contributed by atoms with Gasteiger partial charge in [0.2, 0.25) is 0 Å². The van der Waals surface area contributed by atoms with Crippen LogP contribution < -0.4 is 0 Å². The second kappa shape index (κ2) is 15.1. The minimum Gasteiger partial charge on any atom is -0.381 e. The standard InChI is InChI=1S/C21H28N4O3S.C17H23ClN2O3S/c1-15-12-22-25(13-15)29(26,27)17-5-6-19-18(11-17)23-20(21(2,3)4)24(19)14-16-7-9-28-10-8-16;1-17(2,3)16-19-14-10-13(24(18,21)22)4-5-15(14)20(16)11-12-6-8-23-9-7-12/h5-6,11-13,16H,7-10,14H2,1-4H3;4-5,10,12H,6-9,11H2,1-3H3. The van der Waals surface area contributed by atoms with Crippen LogP contribution in [0.5, 0.6) is 0 Å². The molecule has 5 aromatic rings. The van der Waals surface area contributed by atoms with Crippen molar-refractivity contribution in [3.8, 4) is 0 Å². The van der Waals surface area contributed by atoms with E-state index < -0.39 is 19.1 Å². The zero-order valence-electron chi connectivity index (χ0n) is 31.7. The summed E-state index contributed by atoms with van der Waals surface area (Å²) in [5, 5.41) is 3.97. The Morgan fingerprint density at radius 2 is 1.15 bits per heavy atom. The first-order valence-electron chi connectivity index (χ1n) is 18.2. The molecule has 53 heavy (non-hydrogen) atoms. The van der Waals surface area contributed by atoms with Gasteiger partial charge in [-0.05, 0) is 86.4 Å². The first kappa shape index (κ1) is 39.4. The first-order valence-corrected chi connectivity index (χ1v) is 22.0. The van der Waals surface area contributed by atoms with Crippen molar-refractivity contribution in [1.82, 2.24) is 28.3 Å². The number of hydrogen-bond donors (Lipinski definition) is 0. The van der Waals surface area contributed by atoms with Gasteiger partial charge in [0.25, 0.3) is 19.1 Å². The Bertz CT molecular complexity index is 2300. The van der Waals surface area contributed by atoms with Gasteiger partial charge in [0.05, 0.1) is 38.1 Å². The topological polar surface area (TPSA) is 140 Å². The van der Waals surface area contributed by atoms with Gasteiger partial charge in [0, 0.05) is 67.2 Å². The average molecular weight is 787 g/mol. The van der Waals surface area contributed by atoms with Crippen molar-refractivity contribution in [3.05, 3.63) is 66.0 Å². The van der Waals surface area contributed by atoms with Gasteiger partial charge in [-0.3, -0.25) is 0 Å². The van der Waals surface area contributed by atoms with Crippen LogP contribution in [0.4, 0.5) is 0 Å². The van der Waals surface area contributed by atoms with Crippen LogP contribution in [0.2, 0.25) is 0 Å². The predicted molar refractivity (Wildman–Crippen MR) is 207 cm³/mol. The maximum atomic E-state index is 12.9. The highest BCUT2D eigenvalue weighted by atomic mass is 35.7. The average Bonchev–Trinajstić information content (AvgIpc) is 3.81. The smallest absolute Gasteiger partial charge is 0.283 e. The normalized spacial score (nSPS) is 17.0. The van der Waals surface area contributed by atoms with Gasteiger partial charge < -0.3 is 18.6 Å². The van der Waals surface area contributed by atoms with E-state index in [1.165, 1.54) is 12.4 Å². The van der Waals surface area contributed by atoms with Crippen molar-refractivity contribution in [1.29, 1.82) is 0 Å². The summed E-state index contributed by atoms with van der Waals surface area (Å²) in [4.78, 5) is 9.88. The van der Waals surface area contributed by atoms with Gasteiger partial charge in [-0.1, -0.05) is 41.5 Å². The Labute approximate surface area is 317 Å². The maximum absolute atomic E-state index is 12.9. The predicted octanol–water partition coefficient (Wildman–Crippen LogP) is 7.19. The summed E-state index contributed by atoms with van der Waals surface area (Å²) in [6.45, 7) is 19.5. The highest BCUT2D eigenvalue weighted by Crippen LogP contribution is 2.32. The molecule has 0 spiro atoms. The number of halogens is 1. The molecule has 0 amide bonds. The van der Waals surface area contributed by atoms with Crippen molar-refractivity contribution in [2.24, 2.45) is 11.8 Å². The Balaban J connectivity index is 0.000000185. The molecule has 2 fully saturated rings. The molecule has 15 heteroatoms. The molecule has 0 unspecified atom stereocenters. The Hall–Kier alpha value is -3.30. The Morgan fingerprint density at radius 1 is 0.717 bits per heavy atom. The van der Waals surface area contributed by atoms with E-state index >= 15 is 0 Å². The van der Waals surface area contributed by atoms with Crippen LogP contribution in [0.3, 0.4) is 0 Å². The monoisotopic (exact) mass is 786 g/mol. The molecule has 3 aromatic heterocycles. The molecule has 12 nitrogen and oxygen atoms in total. The molecule has 0 radical (unpaired) electrons. The molecule has 5 heterocycles. The lowest BCUT2D eigenvalue weighted by Crippen LogP contribution is -2.25. The molecule has 0 bridgehead atoms. The number of benzene rings is 2. The fraction of sp³-hybridized carbons (Fsp3) is 0.553. The van der Waals surface area contributed by atoms with Crippen LogP contribution in [0, 0.1) is 18.8 Å². The van der Waals surface area contributed by atoms with E-state index in [1.807, 2.05) is 19.1 Å². The molecule has 0 atom stereocenters. The van der Waals surface area contributed by atoms with E-state index in [-0.39, 0.29) is 20.6 Å². The first-order chi connectivity index (χ1) is 24.8. The van der Waals surface area contributed by atoms with Gasteiger partial charge in [0.1, 0.15) is 11.6 Å². The summed E-state index contributed by atoms with van der Waals surface area (Å²) in [5.41, 5.74) is 3.81. The van der Waals surface area contributed by atoms with E-state index in [0.29, 0.717) is 22.9 Å². The summed E-state index contributed by atoms with van der Waals surface area (Å²) >= 11 is 0. The zero-order chi connectivity index (χ0) is 38.3. The molecule has 2 aliphatic rings. The third kappa shape index (κ3) is 8.83. The van der Waals surface area contributed by atoms with Gasteiger partial charge in [0.15, 0.2) is 0 Å². The van der Waals surface area contributed by atoms with Gasteiger partial charge in [-0.2, -0.15) is 17.6 Å². The molecule has 0 N–H and O–H groups in total. The van der Waals surface area contributed by atoms with Gasteiger partial charge in [-0.15, -0.1) is 0 Å². The minimum atomic E-state index is -3.75. The number of nitrogens with zero attached hydrogens (tertiary/aromatic N) is 6. The van der Waals surface area contributed by atoms with Crippen molar-refractivity contribution in [2.45, 2.75) is 108 Å². The van der Waals surface area contributed by atoms with Crippen LogP contribution in [-0.2, 0) is 52.5 Å². The number of ether oxygens (including phenoxy) is 2. The molecule has 2 aromatic carbocycles. The molecule has 7 rings (SSSR count). The van der Waals surface area contributed by atoms with Crippen LogP contribution in [0.1, 0.15) is 84.4 Å². The molecule has 2 saturated heterocycles. The Kier molecular flexibility index (Phi) is 11.2. The van der Waals surface area contributed by atoms with Gasteiger partial charge >= 0.3 is 0 Å². The third-order valence-corrected chi connectivity index (χ3v) is 12.8. The number of aromatic nitrogens is 6. The van der Waals surface area contributed by atoms with Gasteiger partial charge in [-0.25, -0.2) is 18.4 Å². The number of fused-ring (bicyclic) bond motifs is 2. The third-order valence-electron chi connectivity index (χ3n) is 9.86.